The predicted molar refractivity (Wildman–Crippen MR) is 182 cm³/mol. The molecular formula is C36H40F3N5O6S. The van der Waals surface area contributed by atoms with Gasteiger partial charge in [-0.25, -0.2) is 22.9 Å². The van der Waals surface area contributed by atoms with Gasteiger partial charge in [0.2, 0.25) is 0 Å². The molecule has 0 aliphatic carbocycles. The van der Waals surface area contributed by atoms with Gasteiger partial charge in [0.15, 0.2) is 10.8 Å². The first-order valence-electron chi connectivity index (χ1n) is 16.8. The number of carbonyl (C=O) groups is 2. The number of nitrogens with zero attached hydrogens (tertiary/aromatic N) is 4. The number of aliphatic hydroxyl groups excluding tert-OH is 1. The van der Waals surface area contributed by atoms with E-state index in [4.69, 9.17) is 19.3 Å². The van der Waals surface area contributed by atoms with Gasteiger partial charge in [0, 0.05) is 23.8 Å². The van der Waals surface area contributed by atoms with Crippen LogP contribution in [0, 0.1) is 18.7 Å². The summed E-state index contributed by atoms with van der Waals surface area (Å²) in [4.78, 5) is 42.9. The van der Waals surface area contributed by atoms with E-state index in [1.54, 1.807) is 50.5 Å². The zero-order chi connectivity index (χ0) is 36.3. The van der Waals surface area contributed by atoms with E-state index in [-0.39, 0.29) is 56.2 Å². The van der Waals surface area contributed by atoms with E-state index >= 15 is 8.78 Å². The van der Waals surface area contributed by atoms with Crippen LogP contribution in [0.5, 0.6) is 0 Å². The molecule has 15 heteroatoms. The van der Waals surface area contributed by atoms with Crippen LogP contribution >= 0.6 is 11.3 Å². The highest BCUT2D eigenvalue weighted by Crippen LogP contribution is 2.42. The van der Waals surface area contributed by atoms with Crippen LogP contribution in [0.4, 0.5) is 13.2 Å². The first-order chi connectivity index (χ1) is 24.5. The number of ether oxygens (including phenoxy) is 2. The van der Waals surface area contributed by atoms with Crippen LogP contribution in [0.3, 0.4) is 0 Å². The van der Waals surface area contributed by atoms with E-state index in [0.29, 0.717) is 16.4 Å². The molecule has 11 nitrogen and oxygen atoms in total. The molecule has 3 aromatic rings. The summed E-state index contributed by atoms with van der Waals surface area (Å²) in [5.41, 5.74) is 1.83. The first kappa shape index (κ1) is 36.6. The number of nitrogens with one attached hydrogen (secondary N) is 1. The average molecular weight is 728 g/mol. The highest BCUT2D eigenvalue weighted by molar-refractivity contribution is 7.11. The van der Waals surface area contributed by atoms with Crippen molar-refractivity contribution in [2.75, 3.05) is 32.8 Å². The van der Waals surface area contributed by atoms with Gasteiger partial charge in [-0.3, -0.25) is 19.5 Å². The molecule has 0 saturated carbocycles. The number of hydrogen-bond donors (Lipinski definition) is 2. The second-order valence-electron chi connectivity index (χ2n) is 12.7. The minimum Gasteiger partial charge on any atom is -0.463 e. The van der Waals surface area contributed by atoms with E-state index in [1.807, 2.05) is 18.2 Å². The van der Waals surface area contributed by atoms with Crippen molar-refractivity contribution < 1.29 is 42.2 Å². The zero-order valence-corrected chi connectivity index (χ0v) is 29.2. The molecule has 0 radical (unpaired) electrons. The number of fused-ring (bicyclic) bond motifs is 1. The number of hydroxylamine groups is 2. The monoisotopic (exact) mass is 727 g/mol. The summed E-state index contributed by atoms with van der Waals surface area (Å²) in [5, 5.41) is 17.6. The number of aliphatic imine (C=N–C) groups is 1. The lowest BCUT2D eigenvalue weighted by Gasteiger charge is -2.31. The van der Waals surface area contributed by atoms with E-state index in [2.05, 4.69) is 10.3 Å². The number of thiazole rings is 1. The minimum atomic E-state index is -3.29. The fourth-order valence-corrected chi connectivity index (χ4v) is 7.45. The molecule has 4 heterocycles. The molecule has 2 aromatic carbocycles. The number of benzene rings is 2. The number of carbonyl (C=O) groups excluding carboxylic acids is 2. The number of esters is 2. The lowest BCUT2D eigenvalue weighted by molar-refractivity contribution is -0.198. The van der Waals surface area contributed by atoms with Crippen molar-refractivity contribution in [3.63, 3.8) is 0 Å². The Morgan fingerprint density at radius 2 is 1.94 bits per heavy atom. The standard InChI is InChI=1S/C36H40F3N5O6S/c1-4-23(34(46)49-18-22-10-7-6-8-11-22)28(45)17-44-31-27(19-50-44)43(20-36(31,38)39)16-26-29(35(47)48-5-2)30(24-12-9-13-25(37)21(24)3)42-32(41-26)33-40-14-15-51-33/h6-15,23,27-28,30-31,45H,4-5,16-20H2,1-3H3,(H,41,42)/t23-,27-,28+,30-,31+/m0/s1. The summed E-state index contributed by atoms with van der Waals surface area (Å²) < 4.78 is 57.6. The number of amidine groups is 1. The molecule has 0 bridgehead atoms. The van der Waals surface area contributed by atoms with Gasteiger partial charge in [-0.05, 0) is 43.0 Å². The Kier molecular flexibility index (Phi) is 11.2. The van der Waals surface area contributed by atoms with Crippen LogP contribution in [-0.2, 0) is 30.5 Å². The Bertz CT molecular complexity index is 1780. The molecule has 0 spiro atoms. The summed E-state index contributed by atoms with van der Waals surface area (Å²) >= 11 is 1.29. The number of alkyl halides is 2. The van der Waals surface area contributed by atoms with Gasteiger partial charge in [0.25, 0.3) is 5.92 Å². The number of aliphatic hydroxyl groups is 1. The van der Waals surface area contributed by atoms with Crippen molar-refractivity contribution >= 4 is 29.1 Å². The maximum absolute atomic E-state index is 15.9. The molecule has 1 aromatic heterocycles. The van der Waals surface area contributed by atoms with E-state index < -0.39 is 60.4 Å². The maximum atomic E-state index is 15.9. The fraction of sp³-hybridized carbons (Fsp3) is 0.444. The molecule has 2 N–H and O–H groups in total. The van der Waals surface area contributed by atoms with Gasteiger partial charge in [0.1, 0.15) is 24.5 Å². The number of β-amino-alcohol motifs (C(OH)–C–C–N with tert-alkyl or cyclic N) is 1. The smallest absolute Gasteiger partial charge is 0.338 e. The second-order valence-corrected chi connectivity index (χ2v) is 13.6. The summed E-state index contributed by atoms with van der Waals surface area (Å²) in [6.07, 6.45) is 0.477. The Hall–Kier alpha value is -4.15. The van der Waals surface area contributed by atoms with Gasteiger partial charge >= 0.3 is 11.9 Å². The number of likely N-dealkylation sites (tertiary alicyclic amines) is 1. The largest absolute Gasteiger partial charge is 0.463 e. The summed E-state index contributed by atoms with van der Waals surface area (Å²) in [5.74, 6) is -5.77. The quantitative estimate of drug-likeness (QED) is 0.242. The van der Waals surface area contributed by atoms with Crippen molar-refractivity contribution in [3.8, 4) is 0 Å². The normalized spacial score (nSPS) is 23.0. The molecule has 272 valence electrons. The molecule has 6 rings (SSSR count). The van der Waals surface area contributed by atoms with Crippen LogP contribution in [-0.4, -0.2) is 94.8 Å². The Morgan fingerprint density at radius 3 is 2.65 bits per heavy atom. The van der Waals surface area contributed by atoms with Gasteiger partial charge in [-0.15, -0.1) is 11.3 Å². The number of hydrogen-bond acceptors (Lipinski definition) is 12. The molecule has 0 amide bonds. The third-order valence-electron chi connectivity index (χ3n) is 9.42. The summed E-state index contributed by atoms with van der Waals surface area (Å²) in [6.45, 7) is 3.72. The van der Waals surface area contributed by atoms with Crippen molar-refractivity contribution in [1.29, 1.82) is 0 Å². The van der Waals surface area contributed by atoms with Gasteiger partial charge in [0.05, 0.1) is 49.9 Å². The lowest BCUT2D eigenvalue weighted by Crippen LogP contribution is -2.49. The van der Waals surface area contributed by atoms with Crippen LogP contribution in [0.15, 0.2) is 76.4 Å². The molecule has 0 unspecified atom stereocenters. The topological polar surface area (TPSA) is 126 Å². The first-order valence-corrected chi connectivity index (χ1v) is 17.7. The zero-order valence-electron chi connectivity index (χ0n) is 28.4. The molecule has 51 heavy (non-hydrogen) atoms. The van der Waals surface area contributed by atoms with Gasteiger partial charge in [-0.2, -0.15) is 5.06 Å². The van der Waals surface area contributed by atoms with Crippen molar-refractivity contribution in [2.24, 2.45) is 10.9 Å². The number of aromatic nitrogens is 1. The average Bonchev–Trinajstić information content (AvgIpc) is 3.85. The lowest BCUT2D eigenvalue weighted by atomic mass is 9.92. The molecule has 5 atom stereocenters. The van der Waals surface area contributed by atoms with Gasteiger partial charge in [-0.1, -0.05) is 49.4 Å². The van der Waals surface area contributed by atoms with E-state index in [0.717, 1.165) is 10.6 Å². The van der Waals surface area contributed by atoms with Crippen molar-refractivity contribution in [1.82, 2.24) is 20.3 Å². The Morgan fingerprint density at radius 1 is 1.16 bits per heavy atom. The minimum absolute atomic E-state index is 0.0210. The van der Waals surface area contributed by atoms with E-state index in [9.17, 15) is 19.1 Å². The van der Waals surface area contributed by atoms with Crippen LogP contribution in [0.1, 0.15) is 48.0 Å². The SMILES string of the molecule is CCOC(=O)C1=C(CN2CC(F)(F)[C@H]3[C@@H]2CON3C[C@@H](O)[C@H](CC)C(=O)OCc2ccccc2)NC(c2nccs2)=N[C@H]1c1cccc(F)c1C. The van der Waals surface area contributed by atoms with Crippen LogP contribution < -0.4 is 5.32 Å². The second kappa shape index (κ2) is 15.6. The Labute approximate surface area is 297 Å². The Balaban J connectivity index is 1.25. The van der Waals surface area contributed by atoms with Crippen LogP contribution in [0.2, 0.25) is 0 Å². The number of halogens is 3. The molecule has 2 saturated heterocycles. The van der Waals surface area contributed by atoms with Gasteiger partial charge < -0.3 is 19.9 Å². The highest BCUT2D eigenvalue weighted by Gasteiger charge is 2.61. The highest BCUT2D eigenvalue weighted by atomic mass is 32.1. The third-order valence-corrected chi connectivity index (χ3v) is 10.2. The van der Waals surface area contributed by atoms with Crippen molar-refractivity contribution in [3.05, 3.63) is 98.9 Å². The molecular weight excluding hydrogens is 687 g/mol. The molecule has 3 aliphatic heterocycles. The van der Waals surface area contributed by atoms with Crippen molar-refractivity contribution in [2.45, 2.75) is 64.0 Å². The fourth-order valence-electron chi connectivity index (χ4n) is 6.86. The molecule has 3 aliphatic rings. The third kappa shape index (κ3) is 7.72. The summed E-state index contributed by atoms with van der Waals surface area (Å²) in [7, 11) is 0. The van der Waals surface area contributed by atoms with E-state index in [1.165, 1.54) is 28.4 Å². The number of rotatable bonds is 13. The summed E-state index contributed by atoms with van der Waals surface area (Å²) in [6, 6.07) is 10.3. The maximum Gasteiger partial charge on any atom is 0.338 e. The predicted octanol–water partition coefficient (Wildman–Crippen LogP) is 4.56. The molecule has 2 fully saturated rings. The van der Waals surface area contributed by atoms with Crippen LogP contribution in [0.25, 0.3) is 0 Å².